The van der Waals surface area contributed by atoms with Crippen LogP contribution in [0.25, 0.3) is 10.1 Å². The number of hydrogen-bond acceptors (Lipinski definition) is 4. The van der Waals surface area contributed by atoms with E-state index in [0.717, 1.165) is 39.1 Å². The predicted octanol–water partition coefficient (Wildman–Crippen LogP) is 3.55. The van der Waals surface area contributed by atoms with E-state index in [9.17, 15) is 9.59 Å². The molecule has 1 amide bonds. The molecule has 5 nitrogen and oxygen atoms in total. The van der Waals surface area contributed by atoms with Crippen molar-refractivity contribution in [3.63, 3.8) is 0 Å². The number of carbonyl (C=O) groups is 2. The zero-order valence-electron chi connectivity index (χ0n) is 13.9. The number of thiophene rings is 1. The van der Waals surface area contributed by atoms with Crippen LogP contribution >= 0.6 is 11.3 Å². The molecule has 1 saturated heterocycles. The van der Waals surface area contributed by atoms with E-state index in [1.807, 2.05) is 30.0 Å². The fourth-order valence-corrected chi connectivity index (χ4v) is 4.42. The van der Waals surface area contributed by atoms with Gasteiger partial charge in [0.2, 0.25) is 0 Å². The van der Waals surface area contributed by atoms with Crippen LogP contribution in [-0.2, 0) is 4.79 Å². The van der Waals surface area contributed by atoms with Crippen LogP contribution in [0.4, 0.5) is 0 Å². The number of aryl methyl sites for hydroxylation is 1. The van der Waals surface area contributed by atoms with Gasteiger partial charge in [-0.1, -0.05) is 0 Å². The van der Waals surface area contributed by atoms with Crippen LogP contribution in [0.1, 0.15) is 34.5 Å². The topological polar surface area (TPSA) is 66.8 Å². The molecule has 0 bridgehead atoms. The summed E-state index contributed by atoms with van der Waals surface area (Å²) < 4.78 is 6.35. The minimum atomic E-state index is -0.755. The number of carboxylic acids is 1. The Morgan fingerprint density at radius 3 is 2.67 bits per heavy atom. The van der Waals surface area contributed by atoms with Crippen molar-refractivity contribution in [3.8, 4) is 5.75 Å². The fraction of sp³-hybridized carbons (Fsp3) is 0.444. The average Bonchev–Trinajstić information content (AvgIpc) is 2.90. The van der Waals surface area contributed by atoms with Crippen LogP contribution in [-0.4, -0.2) is 42.1 Å². The SMILES string of the molecule is COc1ccc2sc(C(=O)N3CCC(CC(=O)O)CC3)c(C)c2c1. The Labute approximate surface area is 144 Å². The molecule has 24 heavy (non-hydrogen) atoms. The number of likely N-dealkylation sites (tertiary alicyclic amines) is 1. The molecule has 0 radical (unpaired) electrons. The van der Waals surface area contributed by atoms with Gasteiger partial charge >= 0.3 is 5.97 Å². The van der Waals surface area contributed by atoms with Gasteiger partial charge in [0.1, 0.15) is 5.75 Å². The summed E-state index contributed by atoms with van der Waals surface area (Å²) >= 11 is 1.52. The lowest BCUT2D eigenvalue weighted by molar-refractivity contribution is -0.138. The van der Waals surface area contributed by atoms with Crippen LogP contribution in [0, 0.1) is 12.8 Å². The highest BCUT2D eigenvalue weighted by Gasteiger charge is 2.27. The zero-order chi connectivity index (χ0) is 17.3. The second-order valence-corrected chi connectivity index (χ2v) is 7.30. The van der Waals surface area contributed by atoms with Crippen molar-refractivity contribution < 1.29 is 19.4 Å². The molecule has 1 aliphatic heterocycles. The lowest BCUT2D eigenvalue weighted by Gasteiger charge is -2.31. The molecule has 6 heteroatoms. The molecular formula is C18H21NO4S. The molecule has 1 fully saturated rings. The molecule has 1 aromatic heterocycles. The molecule has 2 heterocycles. The van der Waals surface area contributed by atoms with E-state index >= 15 is 0 Å². The van der Waals surface area contributed by atoms with E-state index in [1.54, 1.807) is 7.11 Å². The molecule has 1 N–H and O–H groups in total. The number of nitrogens with zero attached hydrogens (tertiary/aromatic N) is 1. The quantitative estimate of drug-likeness (QED) is 0.918. The molecule has 1 aromatic carbocycles. The summed E-state index contributed by atoms with van der Waals surface area (Å²) in [5.74, 6) is 0.270. The number of benzene rings is 1. The highest BCUT2D eigenvalue weighted by molar-refractivity contribution is 7.21. The first-order valence-corrected chi connectivity index (χ1v) is 8.89. The Hall–Kier alpha value is -2.08. The van der Waals surface area contributed by atoms with E-state index in [4.69, 9.17) is 9.84 Å². The fourth-order valence-electron chi connectivity index (χ4n) is 3.26. The number of methoxy groups -OCH3 is 1. The summed E-state index contributed by atoms with van der Waals surface area (Å²) in [5.41, 5.74) is 0.992. The molecule has 0 spiro atoms. The average molecular weight is 347 g/mol. The van der Waals surface area contributed by atoms with Crippen molar-refractivity contribution in [1.29, 1.82) is 0 Å². The van der Waals surface area contributed by atoms with Gasteiger partial charge in [-0.25, -0.2) is 0 Å². The van der Waals surface area contributed by atoms with E-state index in [-0.39, 0.29) is 18.2 Å². The van der Waals surface area contributed by atoms with Crippen LogP contribution in [0.5, 0.6) is 5.75 Å². The van der Waals surface area contributed by atoms with E-state index in [2.05, 4.69) is 0 Å². The van der Waals surface area contributed by atoms with Gasteiger partial charge in [0.25, 0.3) is 5.91 Å². The number of piperidine rings is 1. The van der Waals surface area contributed by atoms with Crippen molar-refractivity contribution in [2.24, 2.45) is 5.92 Å². The lowest BCUT2D eigenvalue weighted by Crippen LogP contribution is -2.38. The van der Waals surface area contributed by atoms with Gasteiger partial charge in [0, 0.05) is 24.2 Å². The van der Waals surface area contributed by atoms with E-state index < -0.39 is 5.97 Å². The molecule has 128 valence electrons. The van der Waals surface area contributed by atoms with Crippen molar-refractivity contribution in [1.82, 2.24) is 4.90 Å². The summed E-state index contributed by atoms with van der Waals surface area (Å²) in [6, 6.07) is 5.86. The summed E-state index contributed by atoms with van der Waals surface area (Å²) in [7, 11) is 1.64. The minimum absolute atomic E-state index is 0.0569. The van der Waals surface area contributed by atoms with Gasteiger partial charge < -0.3 is 14.7 Å². The molecule has 0 unspecified atom stereocenters. The Bertz CT molecular complexity index is 775. The maximum absolute atomic E-state index is 12.9. The number of aliphatic carboxylic acids is 1. The Morgan fingerprint density at radius 1 is 1.33 bits per heavy atom. The number of amides is 1. The van der Waals surface area contributed by atoms with Gasteiger partial charge in [-0.3, -0.25) is 9.59 Å². The van der Waals surface area contributed by atoms with Crippen molar-refractivity contribution in [2.45, 2.75) is 26.2 Å². The number of rotatable bonds is 4. The first kappa shape index (κ1) is 16.8. The molecule has 0 saturated carbocycles. The van der Waals surface area contributed by atoms with Gasteiger partial charge in [0.15, 0.2) is 0 Å². The summed E-state index contributed by atoms with van der Waals surface area (Å²) in [5, 5.41) is 9.95. The number of hydrogen-bond donors (Lipinski definition) is 1. The molecule has 1 aliphatic rings. The summed E-state index contributed by atoms with van der Waals surface area (Å²) in [4.78, 5) is 26.3. The van der Waals surface area contributed by atoms with Crippen LogP contribution in [0.2, 0.25) is 0 Å². The monoisotopic (exact) mass is 347 g/mol. The number of ether oxygens (including phenoxy) is 1. The molecule has 0 aliphatic carbocycles. The smallest absolute Gasteiger partial charge is 0.303 e. The van der Waals surface area contributed by atoms with Gasteiger partial charge in [-0.2, -0.15) is 0 Å². The summed E-state index contributed by atoms with van der Waals surface area (Å²) in [6.07, 6.45) is 1.72. The van der Waals surface area contributed by atoms with Crippen LogP contribution in [0.3, 0.4) is 0 Å². The molecular weight excluding hydrogens is 326 g/mol. The first-order chi connectivity index (χ1) is 11.5. The number of carboxylic acid groups (broad SMARTS) is 1. The zero-order valence-corrected chi connectivity index (χ0v) is 14.7. The number of fused-ring (bicyclic) bond motifs is 1. The highest BCUT2D eigenvalue weighted by atomic mass is 32.1. The second-order valence-electron chi connectivity index (χ2n) is 6.25. The highest BCUT2D eigenvalue weighted by Crippen LogP contribution is 2.34. The Balaban J connectivity index is 1.77. The summed E-state index contributed by atoms with van der Waals surface area (Å²) in [6.45, 7) is 3.24. The standard InChI is InChI=1S/C18H21NO4S/c1-11-14-10-13(23-2)3-4-15(14)24-17(11)18(22)19-7-5-12(6-8-19)9-16(20)21/h3-4,10,12H,5-9H2,1-2H3,(H,20,21). The third kappa shape index (κ3) is 3.24. The second kappa shape index (κ2) is 6.81. The van der Waals surface area contributed by atoms with Crippen LogP contribution in [0.15, 0.2) is 18.2 Å². The van der Waals surface area contributed by atoms with Crippen LogP contribution < -0.4 is 4.74 Å². The largest absolute Gasteiger partial charge is 0.497 e. The minimum Gasteiger partial charge on any atom is -0.497 e. The third-order valence-electron chi connectivity index (χ3n) is 4.70. The predicted molar refractivity (Wildman–Crippen MR) is 94.0 cm³/mol. The van der Waals surface area contributed by atoms with Gasteiger partial charge in [-0.15, -0.1) is 11.3 Å². The molecule has 3 rings (SSSR count). The molecule has 2 aromatic rings. The van der Waals surface area contributed by atoms with Crippen molar-refractivity contribution in [3.05, 3.63) is 28.6 Å². The third-order valence-corrected chi connectivity index (χ3v) is 5.96. The van der Waals surface area contributed by atoms with E-state index in [1.165, 1.54) is 11.3 Å². The van der Waals surface area contributed by atoms with Crippen molar-refractivity contribution in [2.75, 3.05) is 20.2 Å². The maximum atomic E-state index is 12.9. The maximum Gasteiger partial charge on any atom is 0.303 e. The normalized spacial score (nSPS) is 15.7. The lowest BCUT2D eigenvalue weighted by atomic mass is 9.93. The van der Waals surface area contributed by atoms with Crippen molar-refractivity contribution >= 4 is 33.3 Å². The number of carbonyl (C=O) groups excluding carboxylic acids is 1. The van der Waals surface area contributed by atoms with Gasteiger partial charge in [0.05, 0.1) is 12.0 Å². The Morgan fingerprint density at radius 2 is 2.04 bits per heavy atom. The van der Waals surface area contributed by atoms with Gasteiger partial charge in [-0.05, 0) is 54.8 Å². The Kier molecular flexibility index (Phi) is 4.76. The first-order valence-electron chi connectivity index (χ1n) is 8.07. The van der Waals surface area contributed by atoms with E-state index in [0.29, 0.717) is 13.1 Å². The molecule has 0 atom stereocenters.